The molecule has 4 heteroatoms. The molecule has 0 aromatic heterocycles. The van der Waals surface area contributed by atoms with Crippen LogP contribution < -0.4 is 5.32 Å². The van der Waals surface area contributed by atoms with Crippen molar-refractivity contribution in [2.75, 3.05) is 18.4 Å². The number of aromatic hydroxyl groups is 1. The van der Waals surface area contributed by atoms with Crippen LogP contribution in [0.5, 0.6) is 5.75 Å². The number of hydrogen-bond acceptors (Lipinski definition) is 2. The van der Waals surface area contributed by atoms with Crippen LogP contribution in [0.25, 0.3) is 0 Å². The number of carbonyl (C=O) groups excluding carboxylic acids is 1. The van der Waals surface area contributed by atoms with E-state index in [0.717, 1.165) is 37.2 Å². The Bertz CT molecular complexity index is 412. The topological polar surface area (TPSA) is 52.6 Å². The molecule has 0 atom stereocenters. The molecule has 0 saturated carbocycles. The number of phenols is 1. The smallest absolute Gasteiger partial charge is 0.321 e. The Hall–Kier alpha value is -1.71. The van der Waals surface area contributed by atoms with E-state index in [1.54, 1.807) is 18.2 Å². The number of piperidine rings is 1. The van der Waals surface area contributed by atoms with E-state index in [1.807, 2.05) is 11.8 Å². The first-order chi connectivity index (χ1) is 8.16. The monoisotopic (exact) mass is 234 g/mol. The molecule has 0 spiro atoms. The lowest BCUT2D eigenvalue weighted by Crippen LogP contribution is -2.38. The summed E-state index contributed by atoms with van der Waals surface area (Å²) in [7, 11) is 0. The van der Waals surface area contributed by atoms with Crippen LogP contribution in [0.15, 0.2) is 18.2 Å². The first kappa shape index (κ1) is 11.8. The molecule has 1 heterocycles. The molecule has 1 saturated heterocycles. The Morgan fingerprint density at radius 3 is 2.65 bits per heavy atom. The lowest BCUT2D eigenvalue weighted by Gasteiger charge is -2.27. The number of phenolic OH excluding ortho intramolecular Hbond substituents is 1. The van der Waals surface area contributed by atoms with Gasteiger partial charge < -0.3 is 15.3 Å². The van der Waals surface area contributed by atoms with Crippen LogP contribution in [0.4, 0.5) is 10.5 Å². The standard InChI is InChI=1S/C13H18N2O2/c1-10-9-11(16)5-6-12(10)14-13(17)15-7-3-2-4-8-15/h5-6,9,16H,2-4,7-8H2,1H3,(H,14,17). The molecule has 4 nitrogen and oxygen atoms in total. The molecule has 17 heavy (non-hydrogen) atoms. The van der Waals surface area contributed by atoms with Gasteiger partial charge >= 0.3 is 6.03 Å². The molecule has 0 unspecified atom stereocenters. The number of amides is 2. The highest BCUT2D eigenvalue weighted by Crippen LogP contribution is 2.21. The highest BCUT2D eigenvalue weighted by molar-refractivity contribution is 5.90. The molecule has 1 aromatic rings. The maximum atomic E-state index is 12.0. The highest BCUT2D eigenvalue weighted by atomic mass is 16.3. The minimum atomic E-state index is -0.0431. The molecule has 0 bridgehead atoms. The molecule has 2 rings (SSSR count). The molecule has 1 aliphatic heterocycles. The van der Waals surface area contributed by atoms with Crippen LogP contribution in [0.2, 0.25) is 0 Å². The number of rotatable bonds is 1. The van der Waals surface area contributed by atoms with Gasteiger partial charge in [-0.25, -0.2) is 4.79 Å². The van der Waals surface area contributed by atoms with Gasteiger partial charge in [-0.2, -0.15) is 0 Å². The van der Waals surface area contributed by atoms with E-state index in [4.69, 9.17) is 0 Å². The van der Waals surface area contributed by atoms with Crippen LogP contribution >= 0.6 is 0 Å². The highest BCUT2D eigenvalue weighted by Gasteiger charge is 2.16. The molecule has 1 aliphatic rings. The zero-order chi connectivity index (χ0) is 12.3. The summed E-state index contributed by atoms with van der Waals surface area (Å²) in [5.41, 5.74) is 1.63. The molecule has 2 N–H and O–H groups in total. The van der Waals surface area contributed by atoms with E-state index in [9.17, 15) is 9.90 Å². The van der Waals surface area contributed by atoms with Crippen LogP contribution in [0.3, 0.4) is 0 Å². The summed E-state index contributed by atoms with van der Waals surface area (Å²) < 4.78 is 0. The Balaban J connectivity index is 2.02. The van der Waals surface area contributed by atoms with Crippen molar-refractivity contribution in [3.63, 3.8) is 0 Å². The van der Waals surface area contributed by atoms with Crippen molar-refractivity contribution >= 4 is 11.7 Å². The summed E-state index contributed by atoms with van der Waals surface area (Å²) in [6.45, 7) is 3.54. The Kier molecular flexibility index (Phi) is 3.52. The van der Waals surface area contributed by atoms with E-state index < -0.39 is 0 Å². The third-order valence-corrected chi connectivity index (χ3v) is 3.09. The van der Waals surface area contributed by atoms with Crippen LogP contribution in [-0.4, -0.2) is 29.1 Å². The third-order valence-electron chi connectivity index (χ3n) is 3.09. The molecule has 1 fully saturated rings. The first-order valence-electron chi connectivity index (χ1n) is 6.02. The second-order valence-corrected chi connectivity index (χ2v) is 4.48. The quantitative estimate of drug-likeness (QED) is 0.734. The van der Waals surface area contributed by atoms with Crippen molar-refractivity contribution in [3.05, 3.63) is 23.8 Å². The van der Waals surface area contributed by atoms with E-state index in [-0.39, 0.29) is 11.8 Å². The number of hydrogen-bond donors (Lipinski definition) is 2. The summed E-state index contributed by atoms with van der Waals surface area (Å²) in [6.07, 6.45) is 3.38. The van der Waals surface area contributed by atoms with Gasteiger partial charge in [-0.3, -0.25) is 0 Å². The number of nitrogens with zero attached hydrogens (tertiary/aromatic N) is 1. The maximum Gasteiger partial charge on any atom is 0.321 e. The van der Waals surface area contributed by atoms with Gasteiger partial charge in [-0.1, -0.05) is 0 Å². The first-order valence-corrected chi connectivity index (χ1v) is 6.02. The Labute approximate surface area is 101 Å². The summed E-state index contributed by atoms with van der Waals surface area (Å²) in [4.78, 5) is 13.8. The second-order valence-electron chi connectivity index (χ2n) is 4.48. The van der Waals surface area contributed by atoms with Gasteiger partial charge in [0.25, 0.3) is 0 Å². The second kappa shape index (κ2) is 5.08. The zero-order valence-corrected chi connectivity index (χ0v) is 10.1. The van der Waals surface area contributed by atoms with Gasteiger partial charge in [0.1, 0.15) is 5.75 Å². The van der Waals surface area contributed by atoms with Crippen molar-refractivity contribution in [1.29, 1.82) is 0 Å². The Morgan fingerprint density at radius 2 is 2.00 bits per heavy atom. The lowest BCUT2D eigenvalue weighted by atomic mass is 10.1. The number of aryl methyl sites for hydroxylation is 1. The molecule has 92 valence electrons. The van der Waals surface area contributed by atoms with Crippen LogP contribution in [0, 0.1) is 6.92 Å². The lowest BCUT2D eigenvalue weighted by molar-refractivity contribution is 0.200. The maximum absolute atomic E-state index is 12.0. The van der Waals surface area contributed by atoms with E-state index in [0.29, 0.717) is 0 Å². The van der Waals surface area contributed by atoms with Crippen LogP contribution in [0.1, 0.15) is 24.8 Å². The predicted octanol–water partition coefficient (Wildman–Crippen LogP) is 2.72. The largest absolute Gasteiger partial charge is 0.508 e. The average Bonchev–Trinajstić information content (AvgIpc) is 2.34. The minimum Gasteiger partial charge on any atom is -0.508 e. The van der Waals surface area contributed by atoms with E-state index in [1.165, 1.54) is 6.42 Å². The molecular formula is C13H18N2O2. The molecule has 2 amide bonds. The summed E-state index contributed by atoms with van der Waals surface area (Å²) in [5.74, 6) is 0.221. The number of anilines is 1. The van der Waals surface area contributed by atoms with Crippen molar-refractivity contribution in [1.82, 2.24) is 4.90 Å². The Morgan fingerprint density at radius 1 is 1.29 bits per heavy atom. The van der Waals surface area contributed by atoms with Gasteiger partial charge in [-0.15, -0.1) is 0 Å². The van der Waals surface area contributed by atoms with Crippen molar-refractivity contribution in [3.8, 4) is 5.75 Å². The van der Waals surface area contributed by atoms with Crippen molar-refractivity contribution in [2.45, 2.75) is 26.2 Å². The summed E-state index contributed by atoms with van der Waals surface area (Å²) in [5, 5.41) is 12.2. The fraction of sp³-hybridized carbons (Fsp3) is 0.462. The van der Waals surface area contributed by atoms with Gasteiger partial charge in [-0.05, 0) is 49.9 Å². The molecule has 0 radical (unpaired) electrons. The number of nitrogens with one attached hydrogen (secondary N) is 1. The van der Waals surface area contributed by atoms with Crippen molar-refractivity contribution < 1.29 is 9.90 Å². The van der Waals surface area contributed by atoms with E-state index in [2.05, 4.69) is 5.32 Å². The van der Waals surface area contributed by atoms with E-state index >= 15 is 0 Å². The molecule has 0 aliphatic carbocycles. The van der Waals surface area contributed by atoms with Gasteiger partial charge in [0.2, 0.25) is 0 Å². The normalized spacial score (nSPS) is 15.7. The number of likely N-dealkylation sites (tertiary alicyclic amines) is 1. The predicted molar refractivity (Wildman–Crippen MR) is 67.3 cm³/mol. The van der Waals surface area contributed by atoms with Gasteiger partial charge in [0, 0.05) is 18.8 Å². The third kappa shape index (κ3) is 2.90. The summed E-state index contributed by atoms with van der Waals surface area (Å²) >= 11 is 0. The zero-order valence-electron chi connectivity index (χ0n) is 10.1. The van der Waals surface area contributed by atoms with Crippen LogP contribution in [-0.2, 0) is 0 Å². The number of carbonyl (C=O) groups is 1. The molecule has 1 aromatic carbocycles. The fourth-order valence-corrected chi connectivity index (χ4v) is 2.08. The molecular weight excluding hydrogens is 216 g/mol. The number of benzene rings is 1. The fourth-order valence-electron chi connectivity index (χ4n) is 2.08. The van der Waals surface area contributed by atoms with Gasteiger partial charge in [0.15, 0.2) is 0 Å². The number of urea groups is 1. The van der Waals surface area contributed by atoms with Gasteiger partial charge in [0.05, 0.1) is 0 Å². The average molecular weight is 234 g/mol. The van der Waals surface area contributed by atoms with Crippen molar-refractivity contribution in [2.24, 2.45) is 0 Å². The SMILES string of the molecule is Cc1cc(O)ccc1NC(=O)N1CCCCC1. The summed E-state index contributed by atoms with van der Waals surface area (Å²) in [6, 6.07) is 4.91. The minimum absolute atomic E-state index is 0.0431.